The molecule has 1 heterocycles. The number of nitrogens with zero attached hydrogens (tertiary/aromatic N) is 3. The van der Waals surface area contributed by atoms with Gasteiger partial charge in [-0.05, 0) is 25.5 Å². The number of carbonyl (C=O) groups is 1. The molecule has 0 saturated heterocycles. The highest BCUT2D eigenvalue weighted by Crippen LogP contribution is 2.17. The molecule has 0 aliphatic carbocycles. The standard InChI is InChI=1S/C15H17N3O2/c1-2-20-15(19)8-5-11-18-13-7-4-3-6-12(13)17-14(18)9-10-16/h3-4,6-7H,2,5,8-9,11H2,1H3. The molecular weight excluding hydrogens is 254 g/mol. The van der Waals surface area contributed by atoms with Crippen molar-refractivity contribution in [3.63, 3.8) is 0 Å². The molecule has 104 valence electrons. The Kier molecular flexibility index (Phi) is 4.72. The molecule has 2 rings (SSSR count). The summed E-state index contributed by atoms with van der Waals surface area (Å²) in [4.78, 5) is 15.8. The largest absolute Gasteiger partial charge is 0.466 e. The third-order valence-electron chi connectivity index (χ3n) is 3.04. The maximum absolute atomic E-state index is 11.3. The van der Waals surface area contributed by atoms with Crippen molar-refractivity contribution < 1.29 is 9.53 Å². The van der Waals surface area contributed by atoms with Crippen LogP contribution in [0, 0.1) is 11.3 Å². The molecule has 0 N–H and O–H groups in total. The first-order chi connectivity index (χ1) is 9.76. The first kappa shape index (κ1) is 14.1. The normalized spacial score (nSPS) is 10.4. The lowest BCUT2D eigenvalue weighted by Crippen LogP contribution is -2.08. The van der Waals surface area contributed by atoms with Crippen LogP contribution in [0.25, 0.3) is 11.0 Å². The van der Waals surface area contributed by atoms with Gasteiger partial charge in [0.25, 0.3) is 0 Å². The quantitative estimate of drug-likeness (QED) is 0.757. The van der Waals surface area contributed by atoms with Crippen molar-refractivity contribution in [3.05, 3.63) is 30.1 Å². The molecule has 0 fully saturated rings. The summed E-state index contributed by atoms with van der Waals surface area (Å²) < 4.78 is 6.92. The van der Waals surface area contributed by atoms with Crippen molar-refractivity contribution in [2.75, 3.05) is 6.61 Å². The lowest BCUT2D eigenvalue weighted by Gasteiger charge is -2.07. The molecule has 5 nitrogen and oxygen atoms in total. The molecule has 0 aliphatic rings. The van der Waals surface area contributed by atoms with E-state index >= 15 is 0 Å². The van der Waals surface area contributed by atoms with E-state index < -0.39 is 0 Å². The van der Waals surface area contributed by atoms with E-state index in [0.717, 1.165) is 16.9 Å². The van der Waals surface area contributed by atoms with Gasteiger partial charge in [-0.25, -0.2) is 4.98 Å². The molecular formula is C15H17N3O2. The topological polar surface area (TPSA) is 67.9 Å². The molecule has 1 aromatic heterocycles. The number of hydrogen-bond donors (Lipinski definition) is 0. The maximum Gasteiger partial charge on any atom is 0.305 e. The summed E-state index contributed by atoms with van der Waals surface area (Å²) in [5, 5.41) is 8.88. The van der Waals surface area contributed by atoms with Gasteiger partial charge in [-0.15, -0.1) is 0 Å². The number of nitriles is 1. The lowest BCUT2D eigenvalue weighted by atomic mass is 10.3. The summed E-state index contributed by atoms with van der Waals surface area (Å²) >= 11 is 0. The second kappa shape index (κ2) is 6.71. The van der Waals surface area contributed by atoms with Gasteiger partial charge in [0.1, 0.15) is 5.82 Å². The van der Waals surface area contributed by atoms with Crippen LogP contribution in [0.2, 0.25) is 0 Å². The SMILES string of the molecule is CCOC(=O)CCCn1c(CC#N)nc2ccccc21. The van der Waals surface area contributed by atoms with Gasteiger partial charge in [-0.3, -0.25) is 4.79 Å². The van der Waals surface area contributed by atoms with Gasteiger partial charge < -0.3 is 9.30 Å². The second-order valence-corrected chi connectivity index (χ2v) is 4.41. The Bertz CT molecular complexity index is 640. The highest BCUT2D eigenvalue weighted by Gasteiger charge is 2.10. The van der Waals surface area contributed by atoms with Gasteiger partial charge in [-0.2, -0.15) is 5.26 Å². The van der Waals surface area contributed by atoms with Gasteiger partial charge >= 0.3 is 5.97 Å². The number of aromatic nitrogens is 2. The molecule has 0 radical (unpaired) electrons. The first-order valence-corrected chi connectivity index (χ1v) is 6.73. The zero-order chi connectivity index (χ0) is 14.4. The van der Waals surface area contributed by atoms with E-state index in [4.69, 9.17) is 10.00 Å². The fourth-order valence-corrected chi connectivity index (χ4v) is 2.20. The van der Waals surface area contributed by atoms with Crippen LogP contribution in [-0.4, -0.2) is 22.1 Å². The van der Waals surface area contributed by atoms with E-state index in [9.17, 15) is 4.79 Å². The highest BCUT2D eigenvalue weighted by atomic mass is 16.5. The van der Waals surface area contributed by atoms with Gasteiger partial charge in [-0.1, -0.05) is 12.1 Å². The maximum atomic E-state index is 11.3. The highest BCUT2D eigenvalue weighted by molar-refractivity contribution is 5.76. The zero-order valence-corrected chi connectivity index (χ0v) is 11.5. The molecule has 1 aromatic carbocycles. The minimum atomic E-state index is -0.182. The fourth-order valence-electron chi connectivity index (χ4n) is 2.20. The minimum Gasteiger partial charge on any atom is -0.466 e. The Morgan fingerprint density at radius 1 is 1.45 bits per heavy atom. The van der Waals surface area contributed by atoms with Crippen molar-refractivity contribution in [1.29, 1.82) is 5.26 Å². The van der Waals surface area contributed by atoms with Crippen LogP contribution in [0.15, 0.2) is 24.3 Å². The Labute approximate surface area is 117 Å². The van der Waals surface area contributed by atoms with E-state index in [-0.39, 0.29) is 12.4 Å². The third-order valence-corrected chi connectivity index (χ3v) is 3.04. The predicted molar refractivity (Wildman–Crippen MR) is 74.9 cm³/mol. The Hall–Kier alpha value is -2.35. The average Bonchev–Trinajstić information content (AvgIpc) is 2.78. The summed E-state index contributed by atoms with van der Waals surface area (Å²) in [5.74, 6) is 0.566. The number of para-hydroxylation sites is 2. The van der Waals surface area contributed by atoms with E-state index in [2.05, 4.69) is 11.1 Å². The van der Waals surface area contributed by atoms with Crippen molar-refractivity contribution in [2.24, 2.45) is 0 Å². The Morgan fingerprint density at radius 2 is 2.25 bits per heavy atom. The lowest BCUT2D eigenvalue weighted by molar-refractivity contribution is -0.143. The van der Waals surface area contributed by atoms with Crippen LogP contribution in [0.1, 0.15) is 25.6 Å². The van der Waals surface area contributed by atoms with Crippen LogP contribution in [0.4, 0.5) is 0 Å². The van der Waals surface area contributed by atoms with E-state index in [1.165, 1.54) is 0 Å². The Balaban J connectivity index is 2.13. The number of ether oxygens (including phenoxy) is 1. The molecule has 0 amide bonds. The number of fused-ring (bicyclic) bond motifs is 1. The van der Waals surface area contributed by atoms with Crippen LogP contribution in [0.5, 0.6) is 0 Å². The average molecular weight is 271 g/mol. The number of imidazole rings is 1. The van der Waals surface area contributed by atoms with Gasteiger partial charge in [0.2, 0.25) is 0 Å². The summed E-state index contributed by atoms with van der Waals surface area (Å²) in [6.07, 6.45) is 1.33. The van der Waals surface area contributed by atoms with Gasteiger partial charge in [0.05, 0.1) is 30.1 Å². The smallest absolute Gasteiger partial charge is 0.305 e. The van der Waals surface area contributed by atoms with Crippen molar-refractivity contribution >= 4 is 17.0 Å². The van der Waals surface area contributed by atoms with Crippen LogP contribution in [-0.2, 0) is 22.5 Å². The molecule has 0 unspecified atom stereocenters. The zero-order valence-electron chi connectivity index (χ0n) is 11.5. The number of esters is 1. The fraction of sp³-hybridized carbons (Fsp3) is 0.400. The summed E-state index contributed by atoms with van der Waals surface area (Å²) in [6, 6.07) is 9.91. The van der Waals surface area contributed by atoms with E-state index in [1.807, 2.05) is 28.8 Å². The van der Waals surface area contributed by atoms with Gasteiger partial charge in [0.15, 0.2) is 0 Å². The second-order valence-electron chi connectivity index (χ2n) is 4.41. The molecule has 0 aliphatic heterocycles. The van der Waals surface area contributed by atoms with E-state index in [0.29, 0.717) is 26.0 Å². The summed E-state index contributed by atoms with van der Waals surface area (Å²) in [5.41, 5.74) is 1.88. The molecule has 0 saturated carbocycles. The number of benzene rings is 1. The molecule has 0 spiro atoms. The first-order valence-electron chi connectivity index (χ1n) is 6.73. The summed E-state index contributed by atoms with van der Waals surface area (Å²) in [6.45, 7) is 2.87. The Morgan fingerprint density at radius 3 is 3.00 bits per heavy atom. The predicted octanol–water partition coefficient (Wildman–Crippen LogP) is 2.45. The summed E-state index contributed by atoms with van der Waals surface area (Å²) in [7, 11) is 0. The number of aryl methyl sites for hydroxylation is 1. The van der Waals surface area contributed by atoms with Crippen LogP contribution < -0.4 is 0 Å². The van der Waals surface area contributed by atoms with Crippen LogP contribution >= 0.6 is 0 Å². The molecule has 5 heteroatoms. The van der Waals surface area contributed by atoms with Crippen molar-refractivity contribution in [3.8, 4) is 6.07 Å². The van der Waals surface area contributed by atoms with Crippen LogP contribution in [0.3, 0.4) is 0 Å². The number of hydrogen-bond acceptors (Lipinski definition) is 4. The molecule has 20 heavy (non-hydrogen) atoms. The molecule has 0 bridgehead atoms. The van der Waals surface area contributed by atoms with Gasteiger partial charge in [0, 0.05) is 13.0 Å². The third kappa shape index (κ3) is 3.15. The van der Waals surface area contributed by atoms with Crippen molar-refractivity contribution in [2.45, 2.75) is 32.7 Å². The number of carbonyl (C=O) groups excluding carboxylic acids is 1. The van der Waals surface area contributed by atoms with E-state index in [1.54, 1.807) is 6.92 Å². The minimum absolute atomic E-state index is 0.182. The molecule has 0 atom stereocenters. The molecule has 2 aromatic rings. The monoisotopic (exact) mass is 271 g/mol. The van der Waals surface area contributed by atoms with Crippen molar-refractivity contribution in [1.82, 2.24) is 9.55 Å². The number of rotatable bonds is 6.